The molecule has 1 amide bonds. The van der Waals surface area contributed by atoms with E-state index in [1.54, 1.807) is 0 Å². The lowest BCUT2D eigenvalue weighted by atomic mass is 10.1. The number of carbonyl (C=O) groups excluding carboxylic acids is 1. The molecule has 1 aromatic carbocycles. The van der Waals surface area contributed by atoms with Crippen LogP contribution in [0.4, 0.5) is 4.39 Å². The Bertz CT molecular complexity index is 542. The van der Waals surface area contributed by atoms with Gasteiger partial charge in [0.1, 0.15) is 6.10 Å². The minimum absolute atomic E-state index is 0.00772. The topological polar surface area (TPSA) is 84.9 Å². The van der Waals surface area contributed by atoms with Gasteiger partial charge >= 0.3 is 5.97 Å². The smallest absolute Gasteiger partial charge is 0.330 e. The summed E-state index contributed by atoms with van der Waals surface area (Å²) in [6, 6.07) is 2.42. The molecule has 0 spiro atoms. The minimum Gasteiger partial charge on any atom is -0.494 e. The number of carbonyl (C=O) groups is 2. The predicted molar refractivity (Wildman–Crippen MR) is 70.4 cm³/mol. The van der Waals surface area contributed by atoms with E-state index in [1.807, 2.05) is 0 Å². The van der Waals surface area contributed by atoms with E-state index in [0.717, 1.165) is 12.5 Å². The molecule has 1 unspecified atom stereocenters. The molecule has 2 atom stereocenters. The van der Waals surface area contributed by atoms with Gasteiger partial charge < -0.3 is 19.9 Å². The number of carboxylic acid groups (broad SMARTS) is 1. The molecule has 1 heterocycles. The van der Waals surface area contributed by atoms with Gasteiger partial charge in [-0.2, -0.15) is 0 Å². The number of aliphatic carboxylic acids is 1. The highest BCUT2D eigenvalue weighted by Gasteiger charge is 2.29. The van der Waals surface area contributed by atoms with E-state index in [-0.39, 0.29) is 11.3 Å². The van der Waals surface area contributed by atoms with Crippen molar-refractivity contribution in [3.05, 3.63) is 29.6 Å². The Balaban J connectivity index is 2.16. The third kappa shape index (κ3) is 3.49. The van der Waals surface area contributed by atoms with Crippen LogP contribution < -0.4 is 10.1 Å². The Kier molecular flexibility index (Phi) is 4.74. The van der Waals surface area contributed by atoms with Gasteiger partial charge in [0, 0.05) is 6.61 Å². The standard InChI is InChI=1S/C14H16FNO5/c1-20-10-5-4-8(7-9(10)15)12(14(18)19)16-13(17)11-3-2-6-21-11/h4-5,7,11-12H,2-3,6H2,1H3,(H,16,17)(H,18,19)/t11-,12?/m0/s1. The number of carboxylic acids is 1. The first kappa shape index (κ1) is 15.2. The third-order valence-electron chi connectivity index (χ3n) is 3.26. The summed E-state index contributed by atoms with van der Waals surface area (Å²) in [5.41, 5.74) is 0.132. The molecule has 1 saturated heterocycles. The number of hydrogen-bond donors (Lipinski definition) is 2. The first-order chi connectivity index (χ1) is 10.0. The summed E-state index contributed by atoms with van der Waals surface area (Å²) in [4.78, 5) is 23.2. The second-order valence-corrected chi connectivity index (χ2v) is 4.68. The van der Waals surface area contributed by atoms with E-state index in [1.165, 1.54) is 19.2 Å². The monoisotopic (exact) mass is 297 g/mol. The summed E-state index contributed by atoms with van der Waals surface area (Å²) >= 11 is 0. The molecule has 0 aliphatic carbocycles. The van der Waals surface area contributed by atoms with E-state index in [9.17, 15) is 19.1 Å². The van der Waals surface area contributed by atoms with Crippen molar-refractivity contribution in [3.8, 4) is 5.75 Å². The molecule has 7 heteroatoms. The maximum atomic E-state index is 13.7. The summed E-state index contributed by atoms with van der Waals surface area (Å²) in [5, 5.41) is 11.6. The molecule has 6 nitrogen and oxygen atoms in total. The van der Waals surface area contributed by atoms with Gasteiger partial charge in [-0.1, -0.05) is 6.07 Å². The summed E-state index contributed by atoms with van der Waals surface area (Å²) in [7, 11) is 1.31. The number of methoxy groups -OCH3 is 1. The molecule has 114 valence electrons. The normalized spacial score (nSPS) is 19.0. The Morgan fingerprint density at radius 3 is 2.81 bits per heavy atom. The molecule has 1 aromatic rings. The second kappa shape index (κ2) is 6.53. The lowest BCUT2D eigenvalue weighted by Crippen LogP contribution is -2.40. The highest BCUT2D eigenvalue weighted by atomic mass is 19.1. The van der Waals surface area contributed by atoms with Gasteiger partial charge in [-0.3, -0.25) is 4.79 Å². The molecule has 0 radical (unpaired) electrons. The van der Waals surface area contributed by atoms with E-state index in [0.29, 0.717) is 13.0 Å². The summed E-state index contributed by atoms with van der Waals surface area (Å²) < 4.78 is 23.6. The predicted octanol–water partition coefficient (Wildman–Crippen LogP) is 1.26. The lowest BCUT2D eigenvalue weighted by Gasteiger charge is -2.18. The summed E-state index contributed by atoms with van der Waals surface area (Å²) in [6.45, 7) is 0.479. The van der Waals surface area contributed by atoms with Crippen LogP contribution in [0.2, 0.25) is 0 Å². The number of benzene rings is 1. The van der Waals surface area contributed by atoms with Gasteiger partial charge in [0.25, 0.3) is 0 Å². The molecule has 1 aliphatic heterocycles. The van der Waals surface area contributed by atoms with Crippen molar-refractivity contribution in [1.82, 2.24) is 5.32 Å². The molecule has 2 rings (SSSR count). The Hall–Kier alpha value is -2.15. The molecular formula is C14H16FNO5. The molecule has 0 aromatic heterocycles. The Morgan fingerprint density at radius 2 is 2.29 bits per heavy atom. The number of hydrogen-bond acceptors (Lipinski definition) is 4. The first-order valence-electron chi connectivity index (χ1n) is 6.51. The van der Waals surface area contributed by atoms with E-state index >= 15 is 0 Å². The zero-order chi connectivity index (χ0) is 15.4. The fourth-order valence-corrected chi connectivity index (χ4v) is 2.17. The first-order valence-corrected chi connectivity index (χ1v) is 6.51. The van der Waals surface area contributed by atoms with Crippen LogP contribution in [0.25, 0.3) is 0 Å². The molecular weight excluding hydrogens is 281 g/mol. The fourth-order valence-electron chi connectivity index (χ4n) is 2.17. The SMILES string of the molecule is COc1ccc(C(NC(=O)[C@@H]2CCCO2)C(=O)O)cc1F. The van der Waals surface area contributed by atoms with Crippen molar-refractivity contribution < 1.29 is 28.6 Å². The third-order valence-corrected chi connectivity index (χ3v) is 3.26. The highest BCUT2D eigenvalue weighted by molar-refractivity contribution is 5.87. The fraction of sp³-hybridized carbons (Fsp3) is 0.429. The van der Waals surface area contributed by atoms with Crippen molar-refractivity contribution in [3.63, 3.8) is 0 Å². The van der Waals surface area contributed by atoms with E-state index in [4.69, 9.17) is 9.47 Å². The Morgan fingerprint density at radius 1 is 1.52 bits per heavy atom. The van der Waals surface area contributed by atoms with Crippen molar-refractivity contribution in [2.24, 2.45) is 0 Å². The van der Waals surface area contributed by atoms with Gasteiger partial charge in [-0.15, -0.1) is 0 Å². The molecule has 1 fully saturated rings. The van der Waals surface area contributed by atoms with Crippen LogP contribution in [0.5, 0.6) is 5.75 Å². The molecule has 2 N–H and O–H groups in total. The number of amides is 1. The van der Waals surface area contributed by atoms with Gasteiger partial charge in [-0.05, 0) is 30.5 Å². The van der Waals surface area contributed by atoms with Crippen LogP contribution in [-0.4, -0.2) is 36.8 Å². The van der Waals surface area contributed by atoms with Crippen molar-refractivity contribution in [2.45, 2.75) is 25.0 Å². The van der Waals surface area contributed by atoms with E-state index in [2.05, 4.69) is 5.32 Å². The summed E-state index contributed by atoms with van der Waals surface area (Å²) in [6.07, 6.45) is 0.664. The zero-order valence-electron chi connectivity index (χ0n) is 11.5. The van der Waals surface area contributed by atoms with Gasteiger partial charge in [0.05, 0.1) is 7.11 Å². The van der Waals surface area contributed by atoms with Crippen LogP contribution in [0.1, 0.15) is 24.4 Å². The molecule has 0 bridgehead atoms. The number of ether oxygens (including phenoxy) is 2. The second-order valence-electron chi connectivity index (χ2n) is 4.68. The number of nitrogens with one attached hydrogen (secondary N) is 1. The molecule has 21 heavy (non-hydrogen) atoms. The molecule has 1 aliphatic rings. The lowest BCUT2D eigenvalue weighted by molar-refractivity contribution is -0.143. The maximum Gasteiger partial charge on any atom is 0.330 e. The largest absolute Gasteiger partial charge is 0.494 e. The number of halogens is 1. The maximum absolute atomic E-state index is 13.7. The van der Waals surface area contributed by atoms with Crippen molar-refractivity contribution >= 4 is 11.9 Å². The van der Waals surface area contributed by atoms with Gasteiger partial charge in [0.15, 0.2) is 17.6 Å². The Labute approximate surface area is 120 Å². The van der Waals surface area contributed by atoms with Crippen LogP contribution >= 0.6 is 0 Å². The average molecular weight is 297 g/mol. The van der Waals surface area contributed by atoms with Gasteiger partial charge in [0.2, 0.25) is 5.91 Å². The summed E-state index contributed by atoms with van der Waals surface area (Å²) in [5.74, 6) is -2.46. The van der Waals surface area contributed by atoms with Crippen molar-refractivity contribution in [1.29, 1.82) is 0 Å². The number of rotatable bonds is 5. The zero-order valence-corrected chi connectivity index (χ0v) is 11.5. The van der Waals surface area contributed by atoms with Crippen LogP contribution in [-0.2, 0) is 14.3 Å². The van der Waals surface area contributed by atoms with Gasteiger partial charge in [-0.25, -0.2) is 9.18 Å². The van der Waals surface area contributed by atoms with Crippen molar-refractivity contribution in [2.75, 3.05) is 13.7 Å². The quantitative estimate of drug-likeness (QED) is 0.854. The van der Waals surface area contributed by atoms with Crippen LogP contribution in [0, 0.1) is 5.82 Å². The van der Waals surface area contributed by atoms with E-state index < -0.39 is 29.8 Å². The van der Waals surface area contributed by atoms with Crippen LogP contribution in [0.15, 0.2) is 18.2 Å². The van der Waals surface area contributed by atoms with Crippen LogP contribution in [0.3, 0.4) is 0 Å². The molecule has 0 saturated carbocycles. The minimum atomic E-state index is -1.33. The average Bonchev–Trinajstić information content (AvgIpc) is 2.98. The highest BCUT2D eigenvalue weighted by Crippen LogP contribution is 2.23.